The number of rotatable bonds is 0. The van der Waals surface area contributed by atoms with Gasteiger partial charge in [0.1, 0.15) is 11.4 Å². The molecule has 1 aromatic rings. The van der Waals surface area contributed by atoms with E-state index in [1.807, 2.05) is 19.2 Å². The Morgan fingerprint density at radius 2 is 2.31 bits per heavy atom. The molecule has 2 rings (SSSR count). The Hall–Kier alpha value is -1.38. The fourth-order valence-corrected chi connectivity index (χ4v) is 1.66. The molecule has 1 aliphatic rings. The van der Waals surface area contributed by atoms with Crippen LogP contribution in [0.15, 0.2) is 18.2 Å². The zero-order valence-electron chi connectivity index (χ0n) is 7.91. The highest BCUT2D eigenvalue weighted by Gasteiger charge is 2.21. The molecule has 0 spiro atoms. The molecule has 0 amide bonds. The minimum absolute atomic E-state index is 0.346. The molecule has 0 fully saturated rings. The smallest absolute Gasteiger partial charge is 0.141 e. The number of hydrogen-bond acceptors (Lipinski definition) is 3. The lowest BCUT2D eigenvalue weighted by Crippen LogP contribution is -2.39. The average Bonchev–Trinajstić information content (AvgIpc) is 2.12. The Morgan fingerprint density at radius 3 is 3.08 bits per heavy atom. The van der Waals surface area contributed by atoms with E-state index < -0.39 is 0 Å². The van der Waals surface area contributed by atoms with Crippen LogP contribution in [0.4, 0.5) is 11.4 Å². The molecule has 13 heavy (non-hydrogen) atoms. The summed E-state index contributed by atoms with van der Waals surface area (Å²) in [5.74, 6) is 0.346. The molecule has 3 nitrogen and oxygen atoms in total. The topological polar surface area (TPSA) is 35.5 Å². The van der Waals surface area contributed by atoms with E-state index in [4.69, 9.17) is 0 Å². The maximum Gasteiger partial charge on any atom is 0.141 e. The van der Waals surface area contributed by atoms with Crippen LogP contribution in [0.1, 0.15) is 6.92 Å². The van der Waals surface area contributed by atoms with Crippen molar-refractivity contribution in [2.24, 2.45) is 0 Å². The van der Waals surface area contributed by atoms with Crippen LogP contribution >= 0.6 is 0 Å². The van der Waals surface area contributed by atoms with Crippen molar-refractivity contribution in [3.8, 4) is 5.75 Å². The lowest BCUT2D eigenvalue weighted by molar-refractivity contribution is 0.472. The van der Waals surface area contributed by atoms with Gasteiger partial charge in [-0.2, -0.15) is 0 Å². The molecule has 1 unspecified atom stereocenters. The first kappa shape index (κ1) is 8.23. The van der Waals surface area contributed by atoms with E-state index in [2.05, 4.69) is 17.1 Å². The van der Waals surface area contributed by atoms with Gasteiger partial charge in [-0.25, -0.2) is 0 Å². The molecule has 0 saturated carbocycles. The average molecular weight is 178 g/mol. The van der Waals surface area contributed by atoms with Crippen molar-refractivity contribution >= 4 is 11.4 Å². The first-order valence-corrected chi connectivity index (χ1v) is 4.49. The molecule has 1 atom stereocenters. The van der Waals surface area contributed by atoms with Gasteiger partial charge in [-0.05, 0) is 19.1 Å². The van der Waals surface area contributed by atoms with Crippen LogP contribution in [0.5, 0.6) is 5.75 Å². The van der Waals surface area contributed by atoms with Crippen molar-refractivity contribution in [1.82, 2.24) is 0 Å². The number of hydrogen-bond donors (Lipinski definition) is 2. The summed E-state index contributed by atoms with van der Waals surface area (Å²) in [6, 6.07) is 5.97. The molecule has 3 heteroatoms. The van der Waals surface area contributed by atoms with Gasteiger partial charge in [0.2, 0.25) is 0 Å². The predicted molar refractivity (Wildman–Crippen MR) is 54.5 cm³/mol. The second kappa shape index (κ2) is 2.83. The lowest BCUT2D eigenvalue weighted by atomic mass is 10.1. The van der Waals surface area contributed by atoms with E-state index in [-0.39, 0.29) is 0 Å². The first-order chi connectivity index (χ1) is 6.20. The van der Waals surface area contributed by atoms with E-state index >= 15 is 0 Å². The summed E-state index contributed by atoms with van der Waals surface area (Å²) < 4.78 is 0. The largest absolute Gasteiger partial charge is 0.506 e. The second-order valence-corrected chi connectivity index (χ2v) is 3.51. The van der Waals surface area contributed by atoms with Crippen LogP contribution in [0.3, 0.4) is 0 Å². The molecular weight excluding hydrogens is 164 g/mol. The third-order valence-corrected chi connectivity index (χ3v) is 2.62. The van der Waals surface area contributed by atoms with Crippen LogP contribution < -0.4 is 10.2 Å². The van der Waals surface area contributed by atoms with E-state index in [1.165, 1.54) is 0 Å². The number of fused-ring (bicyclic) bond motifs is 1. The fourth-order valence-electron chi connectivity index (χ4n) is 1.66. The molecule has 0 aliphatic carbocycles. The Morgan fingerprint density at radius 1 is 1.54 bits per heavy atom. The number of anilines is 2. The molecule has 1 aliphatic heterocycles. The van der Waals surface area contributed by atoms with Crippen molar-refractivity contribution in [3.05, 3.63) is 18.2 Å². The van der Waals surface area contributed by atoms with Crippen molar-refractivity contribution in [2.45, 2.75) is 13.0 Å². The summed E-state index contributed by atoms with van der Waals surface area (Å²) in [4.78, 5) is 2.10. The summed E-state index contributed by atoms with van der Waals surface area (Å²) in [7, 11) is 2.00. The normalized spacial score (nSPS) is 20.8. The van der Waals surface area contributed by atoms with Gasteiger partial charge in [-0.15, -0.1) is 0 Å². The summed E-state index contributed by atoms with van der Waals surface area (Å²) in [5.41, 5.74) is 1.92. The summed E-state index contributed by atoms with van der Waals surface area (Å²) >= 11 is 0. The van der Waals surface area contributed by atoms with Crippen molar-refractivity contribution in [2.75, 3.05) is 23.8 Å². The van der Waals surface area contributed by atoms with E-state index in [9.17, 15) is 5.11 Å². The fraction of sp³-hybridized carbons (Fsp3) is 0.400. The number of aromatic hydroxyl groups is 1. The number of phenolic OH excluding ortho intramolecular Hbond substituents is 1. The van der Waals surface area contributed by atoms with Gasteiger partial charge in [-0.3, -0.25) is 0 Å². The van der Waals surface area contributed by atoms with Crippen LogP contribution in [0, 0.1) is 0 Å². The van der Waals surface area contributed by atoms with Crippen molar-refractivity contribution in [1.29, 1.82) is 0 Å². The summed E-state index contributed by atoms with van der Waals surface area (Å²) in [5, 5.41) is 12.9. The number of nitrogens with one attached hydrogen (secondary N) is 1. The SMILES string of the molecule is CC1CNc2cccc(O)c2N1C. The van der Waals surface area contributed by atoms with Gasteiger partial charge >= 0.3 is 0 Å². The van der Waals surface area contributed by atoms with Crippen LogP contribution in [0.2, 0.25) is 0 Å². The maximum absolute atomic E-state index is 9.66. The second-order valence-electron chi connectivity index (χ2n) is 3.51. The number of benzene rings is 1. The van der Waals surface area contributed by atoms with E-state index in [1.54, 1.807) is 6.07 Å². The maximum atomic E-state index is 9.66. The molecule has 1 heterocycles. The highest BCUT2D eigenvalue weighted by atomic mass is 16.3. The Labute approximate surface area is 78.0 Å². The first-order valence-electron chi connectivity index (χ1n) is 4.49. The number of para-hydroxylation sites is 1. The van der Waals surface area contributed by atoms with Crippen LogP contribution in [0.25, 0.3) is 0 Å². The third-order valence-electron chi connectivity index (χ3n) is 2.62. The highest BCUT2D eigenvalue weighted by Crippen LogP contribution is 2.37. The van der Waals surface area contributed by atoms with Gasteiger partial charge in [0.25, 0.3) is 0 Å². The monoisotopic (exact) mass is 178 g/mol. The molecule has 0 saturated heterocycles. The minimum Gasteiger partial charge on any atom is -0.506 e. The summed E-state index contributed by atoms with van der Waals surface area (Å²) in [6.07, 6.45) is 0. The molecule has 2 N–H and O–H groups in total. The molecule has 0 radical (unpaired) electrons. The van der Waals surface area contributed by atoms with E-state index in [0.717, 1.165) is 17.9 Å². The van der Waals surface area contributed by atoms with Gasteiger partial charge in [0, 0.05) is 19.6 Å². The van der Waals surface area contributed by atoms with Crippen LogP contribution in [-0.2, 0) is 0 Å². The predicted octanol–water partition coefficient (Wildman–Crippen LogP) is 1.64. The van der Waals surface area contributed by atoms with Gasteiger partial charge in [0.15, 0.2) is 0 Å². The van der Waals surface area contributed by atoms with Gasteiger partial charge in [0.05, 0.1) is 5.69 Å². The molecule has 70 valence electrons. The Balaban J connectivity index is 2.51. The third kappa shape index (κ3) is 1.20. The Bertz CT molecular complexity index is 325. The standard InChI is InChI=1S/C10H14N2O/c1-7-6-11-8-4-3-5-9(13)10(8)12(7)2/h3-5,7,11,13H,6H2,1-2H3. The van der Waals surface area contributed by atoms with Crippen molar-refractivity contribution < 1.29 is 5.11 Å². The zero-order valence-corrected chi connectivity index (χ0v) is 7.91. The van der Waals surface area contributed by atoms with Crippen LogP contribution in [-0.4, -0.2) is 24.7 Å². The van der Waals surface area contributed by atoms with Gasteiger partial charge in [-0.1, -0.05) is 6.07 Å². The molecule has 0 aromatic heterocycles. The highest BCUT2D eigenvalue weighted by molar-refractivity contribution is 5.78. The molecule has 1 aromatic carbocycles. The number of phenols is 1. The zero-order chi connectivity index (χ0) is 9.42. The van der Waals surface area contributed by atoms with E-state index in [0.29, 0.717) is 11.8 Å². The molecule has 0 bridgehead atoms. The summed E-state index contributed by atoms with van der Waals surface area (Å²) in [6.45, 7) is 3.05. The minimum atomic E-state index is 0.346. The quantitative estimate of drug-likeness (QED) is 0.634. The number of nitrogens with zero attached hydrogens (tertiary/aromatic N) is 1. The lowest BCUT2D eigenvalue weighted by Gasteiger charge is -2.34. The van der Waals surface area contributed by atoms with Gasteiger partial charge < -0.3 is 15.3 Å². The molecular formula is C10H14N2O. The Kier molecular flexibility index (Phi) is 1.79. The number of likely N-dealkylation sites (N-methyl/N-ethyl adjacent to an activating group) is 1. The van der Waals surface area contributed by atoms with Crippen molar-refractivity contribution in [3.63, 3.8) is 0 Å².